The average Bonchev–Trinajstić information content (AvgIpc) is 2.92. The number of carbonyl (C=O) groups excluding carboxylic acids is 2. The van der Waals surface area contributed by atoms with E-state index in [1.165, 1.54) is 17.0 Å². The first-order chi connectivity index (χ1) is 18.9. The van der Waals surface area contributed by atoms with Crippen molar-refractivity contribution in [2.45, 2.75) is 51.2 Å². The van der Waals surface area contributed by atoms with E-state index in [4.69, 9.17) is 27.9 Å². The molecule has 0 aliphatic rings. The minimum atomic E-state index is -4.17. The van der Waals surface area contributed by atoms with E-state index in [1.807, 2.05) is 20.8 Å². The first-order valence-electron chi connectivity index (χ1n) is 12.8. The van der Waals surface area contributed by atoms with Crippen LogP contribution >= 0.6 is 23.2 Å². The predicted octanol–water partition coefficient (Wildman–Crippen LogP) is 5.53. The van der Waals surface area contributed by atoms with Crippen LogP contribution in [-0.2, 0) is 26.2 Å². The van der Waals surface area contributed by atoms with Gasteiger partial charge in [-0.2, -0.15) is 0 Å². The number of ether oxygens (including phenoxy) is 1. The molecule has 3 rings (SSSR count). The number of sulfonamides is 1. The van der Waals surface area contributed by atoms with Gasteiger partial charge in [0.25, 0.3) is 10.0 Å². The molecule has 0 saturated carbocycles. The van der Waals surface area contributed by atoms with Gasteiger partial charge in [-0.3, -0.25) is 13.9 Å². The lowest BCUT2D eigenvalue weighted by atomic mass is 10.1. The molecule has 0 aliphatic carbocycles. The summed E-state index contributed by atoms with van der Waals surface area (Å²) in [6.45, 7) is 6.97. The number of rotatable bonds is 12. The van der Waals surface area contributed by atoms with Crippen LogP contribution in [0.15, 0.2) is 77.7 Å². The summed E-state index contributed by atoms with van der Waals surface area (Å²) >= 11 is 12.3. The fourth-order valence-corrected chi connectivity index (χ4v) is 5.68. The van der Waals surface area contributed by atoms with Gasteiger partial charge in [-0.1, -0.05) is 47.5 Å². The van der Waals surface area contributed by atoms with Crippen molar-refractivity contribution in [2.24, 2.45) is 0 Å². The molecular weight excluding hydrogens is 573 g/mol. The van der Waals surface area contributed by atoms with Gasteiger partial charge in [0.05, 0.1) is 27.2 Å². The Morgan fingerprint density at radius 2 is 1.57 bits per heavy atom. The second kappa shape index (κ2) is 13.9. The number of para-hydroxylation sites is 1. The molecule has 0 heterocycles. The number of nitrogens with one attached hydrogen (secondary N) is 1. The van der Waals surface area contributed by atoms with Gasteiger partial charge < -0.3 is 15.0 Å². The summed E-state index contributed by atoms with van der Waals surface area (Å²) in [6, 6.07) is 18.2. The van der Waals surface area contributed by atoms with Crippen molar-refractivity contribution in [1.82, 2.24) is 10.2 Å². The molecule has 1 atom stereocenters. The zero-order chi connectivity index (χ0) is 29.4. The van der Waals surface area contributed by atoms with Crippen molar-refractivity contribution in [3.8, 4) is 5.75 Å². The van der Waals surface area contributed by atoms with E-state index in [9.17, 15) is 18.0 Å². The monoisotopic (exact) mass is 605 g/mol. The number of anilines is 1. The van der Waals surface area contributed by atoms with E-state index in [0.29, 0.717) is 33.7 Å². The third kappa shape index (κ3) is 7.90. The summed E-state index contributed by atoms with van der Waals surface area (Å²) < 4.78 is 34.2. The summed E-state index contributed by atoms with van der Waals surface area (Å²) in [4.78, 5) is 28.2. The molecule has 0 aliphatic heterocycles. The van der Waals surface area contributed by atoms with Crippen LogP contribution < -0.4 is 14.4 Å². The Morgan fingerprint density at radius 3 is 2.15 bits per heavy atom. The lowest BCUT2D eigenvalue weighted by Crippen LogP contribution is -2.52. The molecular formula is C29H33Cl2N3O5S. The molecule has 0 aromatic heterocycles. The van der Waals surface area contributed by atoms with Gasteiger partial charge >= 0.3 is 0 Å². The molecule has 0 saturated heterocycles. The van der Waals surface area contributed by atoms with E-state index < -0.39 is 28.5 Å². The highest BCUT2D eigenvalue weighted by atomic mass is 35.5. The van der Waals surface area contributed by atoms with Crippen molar-refractivity contribution in [3.63, 3.8) is 0 Å². The summed E-state index contributed by atoms with van der Waals surface area (Å²) in [5, 5.41) is 3.47. The molecule has 0 fully saturated rings. The summed E-state index contributed by atoms with van der Waals surface area (Å²) in [7, 11) is -4.17. The van der Waals surface area contributed by atoms with E-state index in [-0.39, 0.29) is 23.4 Å². The fourth-order valence-electron chi connectivity index (χ4n) is 3.95. The third-order valence-electron chi connectivity index (χ3n) is 5.98. The van der Waals surface area contributed by atoms with Gasteiger partial charge in [-0.05, 0) is 81.8 Å². The van der Waals surface area contributed by atoms with Crippen molar-refractivity contribution >= 4 is 50.7 Å². The Balaban J connectivity index is 2.01. The predicted molar refractivity (Wildman–Crippen MR) is 158 cm³/mol. The van der Waals surface area contributed by atoms with Crippen LogP contribution in [0.5, 0.6) is 5.75 Å². The van der Waals surface area contributed by atoms with Gasteiger partial charge in [0, 0.05) is 12.6 Å². The van der Waals surface area contributed by atoms with Crippen molar-refractivity contribution < 1.29 is 22.7 Å². The Labute approximate surface area is 245 Å². The molecule has 0 spiro atoms. The van der Waals surface area contributed by atoms with Crippen LogP contribution in [0.4, 0.5) is 5.69 Å². The second-order valence-electron chi connectivity index (χ2n) is 9.36. The molecule has 0 unspecified atom stereocenters. The fraction of sp³-hybridized carbons (Fsp3) is 0.310. The molecule has 214 valence electrons. The molecule has 40 heavy (non-hydrogen) atoms. The molecule has 11 heteroatoms. The van der Waals surface area contributed by atoms with Crippen LogP contribution in [0.2, 0.25) is 10.0 Å². The Bertz CT molecular complexity index is 1420. The summed E-state index contributed by atoms with van der Waals surface area (Å²) in [5.74, 6) is -0.415. The van der Waals surface area contributed by atoms with Crippen molar-refractivity contribution in [3.05, 3.63) is 88.4 Å². The quantitative estimate of drug-likeness (QED) is 0.293. The minimum absolute atomic E-state index is 0.00533. The largest absolute Gasteiger partial charge is 0.494 e. The lowest BCUT2D eigenvalue weighted by Gasteiger charge is -2.32. The minimum Gasteiger partial charge on any atom is -0.494 e. The average molecular weight is 607 g/mol. The van der Waals surface area contributed by atoms with Crippen molar-refractivity contribution in [1.29, 1.82) is 0 Å². The van der Waals surface area contributed by atoms with Crippen LogP contribution in [0.1, 0.15) is 33.3 Å². The Morgan fingerprint density at radius 1 is 0.925 bits per heavy atom. The van der Waals surface area contributed by atoms with Gasteiger partial charge in [-0.25, -0.2) is 8.42 Å². The van der Waals surface area contributed by atoms with E-state index in [0.717, 1.165) is 4.31 Å². The number of benzene rings is 3. The number of amides is 2. The first kappa shape index (κ1) is 31.3. The molecule has 8 nitrogen and oxygen atoms in total. The number of halogens is 2. The topological polar surface area (TPSA) is 96.0 Å². The van der Waals surface area contributed by atoms with Gasteiger partial charge in [0.15, 0.2) is 0 Å². The second-order valence-corrected chi connectivity index (χ2v) is 12.0. The molecule has 1 N–H and O–H groups in total. The highest BCUT2D eigenvalue weighted by Gasteiger charge is 2.32. The van der Waals surface area contributed by atoms with Gasteiger partial charge in [0.1, 0.15) is 18.3 Å². The summed E-state index contributed by atoms with van der Waals surface area (Å²) in [6.07, 6.45) is 0. The van der Waals surface area contributed by atoms with Gasteiger partial charge in [0.2, 0.25) is 11.8 Å². The SMILES string of the molecule is CCOc1ccc(S(=O)(=O)N(CC(=O)N(Cc2ccc(Cl)c(Cl)c2)[C@H](C)C(=O)NC(C)C)c2ccccc2)cc1. The highest BCUT2D eigenvalue weighted by molar-refractivity contribution is 7.92. The Kier molecular flexibility index (Phi) is 10.8. The first-order valence-corrected chi connectivity index (χ1v) is 15.0. The highest BCUT2D eigenvalue weighted by Crippen LogP contribution is 2.27. The number of nitrogens with zero attached hydrogens (tertiary/aromatic N) is 2. The van der Waals surface area contributed by atoms with Crippen LogP contribution in [-0.4, -0.2) is 50.4 Å². The van der Waals surface area contributed by atoms with Gasteiger partial charge in [-0.15, -0.1) is 0 Å². The zero-order valence-electron chi connectivity index (χ0n) is 22.8. The molecule has 3 aromatic carbocycles. The summed E-state index contributed by atoms with van der Waals surface area (Å²) in [5.41, 5.74) is 0.936. The number of carbonyl (C=O) groups is 2. The van der Waals surface area contributed by atoms with Crippen LogP contribution in [0.25, 0.3) is 0 Å². The van der Waals surface area contributed by atoms with Crippen LogP contribution in [0.3, 0.4) is 0 Å². The third-order valence-corrected chi connectivity index (χ3v) is 8.51. The molecule has 0 bridgehead atoms. The standard InChI is InChI=1S/C29H33Cl2N3O5S/c1-5-39-24-12-14-25(15-13-24)40(37,38)34(23-9-7-6-8-10-23)19-28(35)33(21(4)29(36)32-20(2)3)18-22-11-16-26(30)27(31)17-22/h6-17,20-21H,5,18-19H2,1-4H3,(H,32,36)/t21-/m1/s1. The van der Waals surface area contributed by atoms with Crippen LogP contribution in [0, 0.1) is 0 Å². The Hall–Kier alpha value is -3.27. The number of hydrogen-bond donors (Lipinski definition) is 1. The van der Waals surface area contributed by atoms with E-state index >= 15 is 0 Å². The van der Waals surface area contributed by atoms with E-state index in [2.05, 4.69) is 5.32 Å². The zero-order valence-corrected chi connectivity index (χ0v) is 25.1. The molecule has 3 aromatic rings. The number of hydrogen-bond acceptors (Lipinski definition) is 5. The maximum Gasteiger partial charge on any atom is 0.264 e. The molecule has 0 radical (unpaired) electrons. The normalized spacial score (nSPS) is 12.1. The maximum absolute atomic E-state index is 13.9. The smallest absolute Gasteiger partial charge is 0.264 e. The molecule has 2 amide bonds. The van der Waals surface area contributed by atoms with E-state index in [1.54, 1.807) is 67.6 Å². The van der Waals surface area contributed by atoms with Crippen molar-refractivity contribution in [2.75, 3.05) is 17.5 Å². The lowest BCUT2D eigenvalue weighted by molar-refractivity contribution is -0.139. The maximum atomic E-state index is 13.9.